The van der Waals surface area contributed by atoms with Gasteiger partial charge in [0, 0.05) is 6.54 Å². The first kappa shape index (κ1) is 17.0. The Morgan fingerprint density at radius 3 is 2.55 bits per heavy atom. The maximum atomic E-state index is 12.3. The van der Waals surface area contributed by atoms with Crippen LogP contribution in [0.2, 0.25) is 5.02 Å². The predicted octanol–water partition coefficient (Wildman–Crippen LogP) is 2.17. The van der Waals surface area contributed by atoms with Crippen molar-refractivity contribution in [2.24, 2.45) is 0 Å². The molecule has 1 aromatic heterocycles. The summed E-state index contributed by atoms with van der Waals surface area (Å²) in [6.07, 6.45) is 1.63. The molecule has 0 saturated carbocycles. The molecule has 114 valence electrons. The van der Waals surface area contributed by atoms with Gasteiger partial charge in [-0.05, 0) is 47.3 Å². The topological polar surface area (TPSA) is 50.2 Å². The maximum Gasteiger partial charge on any atom is 0.244 e. The molecule has 6 heteroatoms. The van der Waals surface area contributed by atoms with Crippen LogP contribution >= 0.6 is 11.6 Å². The van der Waals surface area contributed by atoms with Crippen LogP contribution in [0.5, 0.6) is 0 Å². The van der Waals surface area contributed by atoms with Crippen LogP contribution in [0.15, 0.2) is 0 Å². The number of rotatable bonds is 7. The van der Waals surface area contributed by atoms with Gasteiger partial charge in [0.25, 0.3) is 0 Å². The number of amides is 1. The molecule has 0 bridgehead atoms. The Balaban J connectivity index is 2.65. The quantitative estimate of drug-likeness (QED) is 0.785. The number of hydrogen-bond acceptors (Lipinski definition) is 3. The first-order valence-electron chi connectivity index (χ1n) is 7.02. The van der Waals surface area contributed by atoms with Gasteiger partial charge in [-0.15, -0.1) is 0 Å². The third-order valence-corrected chi connectivity index (χ3v) is 3.85. The monoisotopic (exact) mass is 300 g/mol. The van der Waals surface area contributed by atoms with E-state index in [0.29, 0.717) is 18.0 Å². The minimum atomic E-state index is -0.291. The van der Waals surface area contributed by atoms with Crippen molar-refractivity contribution in [2.75, 3.05) is 27.2 Å². The summed E-state index contributed by atoms with van der Waals surface area (Å²) in [4.78, 5) is 14.4. The molecule has 1 atom stereocenters. The van der Waals surface area contributed by atoms with E-state index in [0.717, 1.165) is 24.4 Å². The summed E-state index contributed by atoms with van der Waals surface area (Å²) >= 11 is 6.15. The summed E-state index contributed by atoms with van der Waals surface area (Å²) in [6.45, 7) is 7.37. The number of carbonyl (C=O) groups excluding carboxylic acids is 1. The highest BCUT2D eigenvalue weighted by Gasteiger charge is 2.22. The van der Waals surface area contributed by atoms with E-state index in [1.54, 1.807) is 4.68 Å². The molecular formula is C14H25ClN4O. The second-order valence-corrected chi connectivity index (χ2v) is 5.68. The predicted molar refractivity (Wildman–Crippen MR) is 82.2 cm³/mol. The molecule has 1 rings (SSSR count). The number of aryl methyl sites for hydroxylation is 1. The van der Waals surface area contributed by atoms with E-state index >= 15 is 0 Å². The second-order valence-electron chi connectivity index (χ2n) is 5.30. The number of nitrogens with one attached hydrogen (secondary N) is 1. The maximum absolute atomic E-state index is 12.3. The molecule has 0 fully saturated rings. The summed E-state index contributed by atoms with van der Waals surface area (Å²) in [5, 5.41) is 7.99. The molecule has 1 aromatic rings. The van der Waals surface area contributed by atoms with Gasteiger partial charge in [-0.3, -0.25) is 9.48 Å². The van der Waals surface area contributed by atoms with Gasteiger partial charge in [-0.25, -0.2) is 0 Å². The third-order valence-electron chi connectivity index (χ3n) is 3.30. The van der Waals surface area contributed by atoms with E-state index in [4.69, 9.17) is 11.6 Å². The van der Waals surface area contributed by atoms with Crippen LogP contribution in [0.1, 0.15) is 37.2 Å². The summed E-state index contributed by atoms with van der Waals surface area (Å²) in [7, 11) is 4.04. The van der Waals surface area contributed by atoms with Crippen molar-refractivity contribution < 1.29 is 4.79 Å². The van der Waals surface area contributed by atoms with E-state index in [1.807, 2.05) is 34.9 Å². The lowest BCUT2D eigenvalue weighted by molar-refractivity contribution is -0.124. The molecule has 0 aliphatic carbocycles. The highest BCUT2D eigenvalue weighted by Crippen LogP contribution is 2.23. The summed E-state index contributed by atoms with van der Waals surface area (Å²) in [5.74, 6) is 0.00789. The van der Waals surface area contributed by atoms with E-state index in [-0.39, 0.29) is 11.9 Å². The highest BCUT2D eigenvalue weighted by molar-refractivity contribution is 6.31. The summed E-state index contributed by atoms with van der Waals surface area (Å²) < 4.78 is 1.74. The average molecular weight is 301 g/mol. The van der Waals surface area contributed by atoms with Gasteiger partial charge < -0.3 is 10.2 Å². The fraction of sp³-hybridized carbons (Fsp3) is 0.714. The van der Waals surface area contributed by atoms with E-state index in [2.05, 4.69) is 15.3 Å². The number of halogens is 1. The molecule has 0 spiro atoms. The minimum absolute atomic E-state index is 0.00789. The molecule has 0 aliphatic rings. The lowest BCUT2D eigenvalue weighted by Gasteiger charge is -2.17. The lowest BCUT2D eigenvalue weighted by Crippen LogP contribution is -2.34. The van der Waals surface area contributed by atoms with Gasteiger partial charge in [-0.2, -0.15) is 5.10 Å². The minimum Gasteiger partial charge on any atom is -0.354 e. The van der Waals surface area contributed by atoms with E-state index < -0.39 is 0 Å². The van der Waals surface area contributed by atoms with Crippen molar-refractivity contribution in [3.05, 3.63) is 16.4 Å². The fourth-order valence-electron chi connectivity index (χ4n) is 2.14. The Labute approximate surface area is 126 Å². The van der Waals surface area contributed by atoms with Crippen LogP contribution in [0.3, 0.4) is 0 Å². The van der Waals surface area contributed by atoms with Crippen molar-refractivity contribution in [3.8, 4) is 0 Å². The van der Waals surface area contributed by atoms with Crippen LogP contribution in [-0.4, -0.2) is 47.8 Å². The standard InChI is InChI=1S/C14H25ClN4O/c1-6-12(14(20)16-8-7-9-18(4)5)19-11(3)13(15)10(2)17-19/h12H,6-9H2,1-5H3,(H,16,20). The molecule has 0 aromatic carbocycles. The third kappa shape index (κ3) is 4.21. The smallest absolute Gasteiger partial charge is 0.244 e. The first-order valence-corrected chi connectivity index (χ1v) is 7.39. The molecule has 1 heterocycles. The van der Waals surface area contributed by atoms with Gasteiger partial charge in [0.2, 0.25) is 5.91 Å². The zero-order chi connectivity index (χ0) is 15.3. The largest absolute Gasteiger partial charge is 0.354 e. The number of carbonyl (C=O) groups is 1. The van der Waals surface area contributed by atoms with Crippen molar-refractivity contribution in [2.45, 2.75) is 39.7 Å². The Hall–Kier alpha value is -1.07. The van der Waals surface area contributed by atoms with Gasteiger partial charge in [-0.1, -0.05) is 18.5 Å². The molecular weight excluding hydrogens is 276 g/mol. The zero-order valence-corrected chi connectivity index (χ0v) is 13.8. The van der Waals surface area contributed by atoms with Gasteiger partial charge in [0.05, 0.1) is 16.4 Å². The van der Waals surface area contributed by atoms with Gasteiger partial charge >= 0.3 is 0 Å². The first-order chi connectivity index (χ1) is 9.38. The van der Waals surface area contributed by atoms with Gasteiger partial charge in [0.15, 0.2) is 0 Å². The molecule has 5 nitrogen and oxygen atoms in total. The molecule has 1 amide bonds. The Kier molecular flexibility index (Phi) is 6.49. The SMILES string of the molecule is CCC(C(=O)NCCCN(C)C)n1nc(C)c(Cl)c1C. The van der Waals surface area contributed by atoms with Crippen LogP contribution in [-0.2, 0) is 4.79 Å². The van der Waals surface area contributed by atoms with Crippen LogP contribution < -0.4 is 5.32 Å². The van der Waals surface area contributed by atoms with Crippen LogP contribution in [0, 0.1) is 13.8 Å². The van der Waals surface area contributed by atoms with Crippen molar-refractivity contribution in [1.82, 2.24) is 20.0 Å². The molecule has 0 aliphatic heterocycles. The van der Waals surface area contributed by atoms with Gasteiger partial charge in [0.1, 0.15) is 6.04 Å². The highest BCUT2D eigenvalue weighted by atomic mass is 35.5. The molecule has 0 saturated heterocycles. The molecule has 1 N–H and O–H groups in total. The van der Waals surface area contributed by atoms with Crippen LogP contribution in [0.4, 0.5) is 0 Å². The Morgan fingerprint density at radius 2 is 2.10 bits per heavy atom. The zero-order valence-electron chi connectivity index (χ0n) is 13.0. The summed E-state index contributed by atoms with van der Waals surface area (Å²) in [5.41, 5.74) is 1.61. The molecule has 20 heavy (non-hydrogen) atoms. The number of nitrogens with zero attached hydrogens (tertiary/aromatic N) is 3. The van der Waals surface area contributed by atoms with E-state index in [1.165, 1.54) is 0 Å². The molecule has 1 unspecified atom stereocenters. The fourth-order valence-corrected chi connectivity index (χ4v) is 2.26. The number of aromatic nitrogens is 2. The van der Waals surface area contributed by atoms with Crippen molar-refractivity contribution >= 4 is 17.5 Å². The average Bonchev–Trinajstić information content (AvgIpc) is 2.63. The second kappa shape index (κ2) is 7.64. The van der Waals surface area contributed by atoms with Crippen LogP contribution in [0.25, 0.3) is 0 Å². The van der Waals surface area contributed by atoms with Crippen molar-refractivity contribution in [1.29, 1.82) is 0 Å². The van der Waals surface area contributed by atoms with Crippen molar-refractivity contribution in [3.63, 3.8) is 0 Å². The summed E-state index contributed by atoms with van der Waals surface area (Å²) in [6, 6.07) is -0.291. The lowest BCUT2D eigenvalue weighted by atomic mass is 10.2. The normalized spacial score (nSPS) is 12.8. The Bertz CT molecular complexity index is 456. The Morgan fingerprint density at radius 1 is 1.45 bits per heavy atom. The number of hydrogen-bond donors (Lipinski definition) is 1. The van der Waals surface area contributed by atoms with E-state index in [9.17, 15) is 4.79 Å². The molecule has 0 radical (unpaired) electrons.